The molecule has 0 atom stereocenters. The molecule has 0 aliphatic heterocycles. The van der Waals surface area contributed by atoms with Gasteiger partial charge in [-0.2, -0.15) is 0 Å². The van der Waals surface area contributed by atoms with Crippen LogP contribution in [0.3, 0.4) is 0 Å². The van der Waals surface area contributed by atoms with E-state index in [1.807, 2.05) is 0 Å². The summed E-state index contributed by atoms with van der Waals surface area (Å²) < 4.78 is 0. The quantitative estimate of drug-likeness (QED) is 0.198. The number of hydrogen-bond acceptors (Lipinski definition) is 0. The van der Waals surface area contributed by atoms with Crippen molar-refractivity contribution in [3.8, 4) is 44.5 Å². The van der Waals surface area contributed by atoms with Crippen molar-refractivity contribution in [1.82, 2.24) is 0 Å². The fraction of sp³-hybridized carbons (Fsp3) is 0. The minimum absolute atomic E-state index is 1.23. The Bertz CT molecular complexity index is 2210. The second-order valence-electron chi connectivity index (χ2n) is 10.9. The maximum atomic E-state index is 2.37. The summed E-state index contributed by atoms with van der Waals surface area (Å²) in [6, 6.07) is 61.7. The third-order valence-corrected chi connectivity index (χ3v) is 8.47. The minimum atomic E-state index is 1.23. The molecule has 0 spiro atoms. The van der Waals surface area contributed by atoms with Crippen LogP contribution in [-0.4, -0.2) is 0 Å². The van der Waals surface area contributed by atoms with Gasteiger partial charge in [0.25, 0.3) is 0 Å². The number of hydrogen-bond donors (Lipinski definition) is 0. The zero-order valence-corrected chi connectivity index (χ0v) is 23.2. The van der Waals surface area contributed by atoms with Gasteiger partial charge in [-0.3, -0.25) is 0 Å². The lowest BCUT2D eigenvalue weighted by Gasteiger charge is -2.17. The summed E-state index contributed by atoms with van der Waals surface area (Å²) in [5, 5.41) is 7.61. The summed E-state index contributed by atoms with van der Waals surface area (Å²) in [7, 11) is 0. The predicted octanol–water partition coefficient (Wildman–Crippen LogP) is 11.8. The van der Waals surface area contributed by atoms with Crippen LogP contribution in [0.4, 0.5) is 0 Å². The lowest BCUT2D eigenvalue weighted by molar-refractivity contribution is 1.60. The zero-order chi connectivity index (χ0) is 27.9. The van der Waals surface area contributed by atoms with Crippen LogP contribution in [0.5, 0.6) is 0 Å². The predicted molar refractivity (Wildman–Crippen MR) is 181 cm³/mol. The first-order valence-corrected chi connectivity index (χ1v) is 14.5. The molecule has 0 amide bonds. The average Bonchev–Trinajstić information content (AvgIpc) is 3.07. The van der Waals surface area contributed by atoms with E-state index in [9.17, 15) is 0 Å². The highest BCUT2D eigenvalue weighted by Gasteiger charge is 2.16. The molecule has 0 heterocycles. The zero-order valence-electron chi connectivity index (χ0n) is 23.2. The third-order valence-electron chi connectivity index (χ3n) is 8.47. The van der Waals surface area contributed by atoms with Gasteiger partial charge in [0, 0.05) is 0 Å². The minimum Gasteiger partial charge on any atom is -0.0622 e. The van der Waals surface area contributed by atoms with Gasteiger partial charge in [0.1, 0.15) is 0 Å². The lowest BCUT2D eigenvalue weighted by Crippen LogP contribution is -1.90. The van der Waals surface area contributed by atoms with Gasteiger partial charge in [0.2, 0.25) is 0 Å². The summed E-state index contributed by atoms with van der Waals surface area (Å²) in [5.74, 6) is 0. The molecule has 0 aliphatic carbocycles. The van der Waals surface area contributed by atoms with Crippen LogP contribution in [0, 0.1) is 0 Å². The summed E-state index contributed by atoms with van der Waals surface area (Å²) in [6.45, 7) is 0. The first-order chi connectivity index (χ1) is 20.8. The number of rotatable bonds is 4. The third kappa shape index (κ3) is 4.17. The molecular formula is C42H28. The molecule has 8 aromatic carbocycles. The summed E-state index contributed by atoms with van der Waals surface area (Å²) >= 11 is 0. The Morgan fingerprint density at radius 3 is 1.43 bits per heavy atom. The smallest absolute Gasteiger partial charge is 0.00204 e. The van der Waals surface area contributed by atoms with E-state index in [-0.39, 0.29) is 0 Å². The van der Waals surface area contributed by atoms with Crippen molar-refractivity contribution in [2.45, 2.75) is 0 Å². The lowest BCUT2D eigenvalue weighted by atomic mass is 9.86. The Hall–Kier alpha value is -5.46. The molecule has 0 radical (unpaired) electrons. The Kier molecular flexibility index (Phi) is 5.90. The standard InChI is InChI=1S/C42H28/c1-3-11-29(12-4-1)31-19-21-32(22-20-31)36-25-26-40(39-18-10-9-17-38(36)39)42-37-16-8-7-15-34(37)27-35-24-23-33(28-41(35)42)30-13-5-2-6-14-30/h1-28H. The van der Waals surface area contributed by atoms with Gasteiger partial charge in [-0.05, 0) is 89.0 Å². The fourth-order valence-corrected chi connectivity index (χ4v) is 6.40. The molecule has 0 saturated heterocycles. The van der Waals surface area contributed by atoms with Gasteiger partial charge in [-0.25, -0.2) is 0 Å². The van der Waals surface area contributed by atoms with E-state index >= 15 is 0 Å². The Morgan fingerprint density at radius 2 is 0.714 bits per heavy atom. The molecular weight excluding hydrogens is 504 g/mol. The monoisotopic (exact) mass is 532 g/mol. The van der Waals surface area contributed by atoms with Crippen LogP contribution < -0.4 is 0 Å². The molecule has 0 bridgehead atoms. The van der Waals surface area contributed by atoms with E-state index in [2.05, 4.69) is 170 Å². The van der Waals surface area contributed by atoms with E-state index in [0.29, 0.717) is 0 Å². The molecule has 8 rings (SSSR count). The van der Waals surface area contributed by atoms with E-state index in [1.165, 1.54) is 76.8 Å². The van der Waals surface area contributed by atoms with Crippen molar-refractivity contribution in [2.75, 3.05) is 0 Å². The maximum Gasteiger partial charge on any atom is -0.00204 e. The largest absolute Gasteiger partial charge is 0.0622 e. The summed E-state index contributed by atoms with van der Waals surface area (Å²) in [5.41, 5.74) is 9.98. The molecule has 0 fully saturated rings. The van der Waals surface area contributed by atoms with E-state index in [4.69, 9.17) is 0 Å². The van der Waals surface area contributed by atoms with Crippen LogP contribution in [-0.2, 0) is 0 Å². The van der Waals surface area contributed by atoms with Gasteiger partial charge in [0.05, 0.1) is 0 Å². The van der Waals surface area contributed by atoms with Crippen molar-refractivity contribution < 1.29 is 0 Å². The van der Waals surface area contributed by atoms with Crippen LogP contribution in [0.15, 0.2) is 170 Å². The highest BCUT2D eigenvalue weighted by atomic mass is 14.2. The highest BCUT2D eigenvalue weighted by Crippen LogP contribution is 2.43. The summed E-state index contributed by atoms with van der Waals surface area (Å²) in [6.07, 6.45) is 0. The molecule has 196 valence electrons. The number of benzene rings is 8. The normalized spacial score (nSPS) is 11.3. The molecule has 0 unspecified atom stereocenters. The van der Waals surface area contributed by atoms with Crippen molar-refractivity contribution in [1.29, 1.82) is 0 Å². The van der Waals surface area contributed by atoms with Crippen molar-refractivity contribution >= 4 is 32.3 Å². The van der Waals surface area contributed by atoms with Gasteiger partial charge in [0.15, 0.2) is 0 Å². The molecule has 42 heavy (non-hydrogen) atoms. The molecule has 0 N–H and O–H groups in total. The van der Waals surface area contributed by atoms with Crippen molar-refractivity contribution in [3.63, 3.8) is 0 Å². The molecule has 8 aromatic rings. The van der Waals surface area contributed by atoms with E-state index < -0.39 is 0 Å². The number of fused-ring (bicyclic) bond motifs is 3. The van der Waals surface area contributed by atoms with Crippen LogP contribution >= 0.6 is 0 Å². The molecule has 0 aromatic heterocycles. The SMILES string of the molecule is c1ccc(-c2ccc(-c3ccc(-c4c5ccccc5cc5ccc(-c6ccccc6)cc45)c4ccccc34)cc2)cc1. The fourth-order valence-electron chi connectivity index (χ4n) is 6.40. The molecule has 0 aliphatic rings. The van der Waals surface area contributed by atoms with Crippen LogP contribution in [0.2, 0.25) is 0 Å². The van der Waals surface area contributed by atoms with Crippen molar-refractivity contribution in [3.05, 3.63) is 170 Å². The topological polar surface area (TPSA) is 0 Å². The van der Waals surface area contributed by atoms with Crippen molar-refractivity contribution in [2.24, 2.45) is 0 Å². The first kappa shape index (κ1) is 24.3. The Morgan fingerprint density at radius 1 is 0.238 bits per heavy atom. The second-order valence-corrected chi connectivity index (χ2v) is 10.9. The van der Waals surface area contributed by atoms with Gasteiger partial charge in [-0.1, -0.05) is 158 Å². The highest BCUT2D eigenvalue weighted by molar-refractivity contribution is 6.18. The van der Waals surface area contributed by atoms with E-state index in [0.717, 1.165) is 0 Å². The van der Waals surface area contributed by atoms with Gasteiger partial charge >= 0.3 is 0 Å². The molecule has 0 saturated carbocycles. The van der Waals surface area contributed by atoms with Gasteiger partial charge < -0.3 is 0 Å². The van der Waals surface area contributed by atoms with Crippen LogP contribution in [0.25, 0.3) is 76.8 Å². The van der Waals surface area contributed by atoms with Gasteiger partial charge in [-0.15, -0.1) is 0 Å². The Balaban J connectivity index is 1.36. The first-order valence-electron chi connectivity index (χ1n) is 14.5. The maximum absolute atomic E-state index is 2.37. The Labute approximate surface area is 246 Å². The molecule has 0 heteroatoms. The summed E-state index contributed by atoms with van der Waals surface area (Å²) in [4.78, 5) is 0. The molecule has 0 nitrogen and oxygen atoms in total. The average molecular weight is 533 g/mol. The van der Waals surface area contributed by atoms with Crippen LogP contribution in [0.1, 0.15) is 0 Å². The second kappa shape index (κ2) is 10.2. The van der Waals surface area contributed by atoms with E-state index in [1.54, 1.807) is 0 Å².